The van der Waals surface area contributed by atoms with Crippen molar-refractivity contribution in [3.63, 3.8) is 0 Å². The van der Waals surface area contributed by atoms with Crippen LogP contribution in [0.1, 0.15) is 36.6 Å². The summed E-state index contributed by atoms with van der Waals surface area (Å²) in [4.78, 5) is 11.8. The Bertz CT molecular complexity index is 767. The standard InChI is InChI=1S/C23H33N5.HI/c1-4-24-23(25-15-12-20-10-8-18(2)9-11-20)27-21-13-16-28(17-14-21)22-7-5-6-19(3)26-22;/h5-11,21H,4,12-17H2,1-3H3,(H2,24,25,27);1H. The molecule has 6 heteroatoms. The number of guanidine groups is 1. The van der Waals surface area contributed by atoms with Crippen LogP contribution >= 0.6 is 24.0 Å². The van der Waals surface area contributed by atoms with E-state index in [1.165, 1.54) is 11.1 Å². The van der Waals surface area contributed by atoms with Crippen molar-refractivity contribution in [2.24, 2.45) is 4.99 Å². The topological polar surface area (TPSA) is 52.6 Å². The van der Waals surface area contributed by atoms with Crippen molar-refractivity contribution in [1.29, 1.82) is 0 Å². The minimum Gasteiger partial charge on any atom is -0.357 e. The van der Waals surface area contributed by atoms with Crippen molar-refractivity contribution in [3.8, 4) is 0 Å². The number of halogens is 1. The summed E-state index contributed by atoms with van der Waals surface area (Å²) in [5, 5.41) is 7.02. The van der Waals surface area contributed by atoms with E-state index >= 15 is 0 Å². The molecule has 0 unspecified atom stereocenters. The highest BCUT2D eigenvalue weighted by Gasteiger charge is 2.20. The normalized spacial score (nSPS) is 15.0. The van der Waals surface area contributed by atoms with E-state index in [0.717, 1.165) is 62.9 Å². The fourth-order valence-electron chi connectivity index (χ4n) is 3.52. The number of benzene rings is 1. The molecule has 0 saturated carbocycles. The van der Waals surface area contributed by atoms with Crippen molar-refractivity contribution in [3.05, 3.63) is 59.3 Å². The largest absolute Gasteiger partial charge is 0.357 e. The van der Waals surface area contributed by atoms with Crippen molar-refractivity contribution < 1.29 is 0 Å². The lowest BCUT2D eigenvalue weighted by Crippen LogP contribution is -2.49. The molecule has 1 saturated heterocycles. The van der Waals surface area contributed by atoms with Crippen LogP contribution in [0, 0.1) is 13.8 Å². The van der Waals surface area contributed by atoms with Crippen LogP contribution in [0.2, 0.25) is 0 Å². The van der Waals surface area contributed by atoms with E-state index in [1.807, 2.05) is 13.0 Å². The van der Waals surface area contributed by atoms with E-state index in [-0.39, 0.29) is 24.0 Å². The summed E-state index contributed by atoms with van der Waals surface area (Å²) < 4.78 is 0. The lowest BCUT2D eigenvalue weighted by molar-refractivity contribution is 0.459. The first kappa shape index (κ1) is 23.4. The number of aromatic nitrogens is 1. The first-order valence-corrected chi connectivity index (χ1v) is 10.4. The third-order valence-corrected chi connectivity index (χ3v) is 5.17. The Morgan fingerprint density at radius 2 is 1.83 bits per heavy atom. The lowest BCUT2D eigenvalue weighted by Gasteiger charge is -2.34. The van der Waals surface area contributed by atoms with Crippen molar-refractivity contribution in [2.45, 2.75) is 46.1 Å². The van der Waals surface area contributed by atoms with Crippen LogP contribution in [0.3, 0.4) is 0 Å². The second kappa shape index (κ2) is 12.0. The lowest BCUT2D eigenvalue weighted by atomic mass is 10.1. The predicted molar refractivity (Wildman–Crippen MR) is 134 cm³/mol. The van der Waals surface area contributed by atoms with E-state index in [4.69, 9.17) is 4.99 Å². The van der Waals surface area contributed by atoms with E-state index in [2.05, 4.69) is 70.8 Å². The molecule has 1 aliphatic heterocycles. The van der Waals surface area contributed by atoms with Gasteiger partial charge in [-0.3, -0.25) is 4.99 Å². The van der Waals surface area contributed by atoms with Gasteiger partial charge in [0.1, 0.15) is 5.82 Å². The molecule has 2 N–H and O–H groups in total. The summed E-state index contributed by atoms with van der Waals surface area (Å²) >= 11 is 0. The van der Waals surface area contributed by atoms with Crippen molar-refractivity contribution in [2.75, 3.05) is 31.1 Å². The molecule has 0 amide bonds. The maximum atomic E-state index is 4.78. The molecule has 158 valence electrons. The maximum absolute atomic E-state index is 4.78. The molecule has 29 heavy (non-hydrogen) atoms. The van der Waals surface area contributed by atoms with Gasteiger partial charge in [0.25, 0.3) is 0 Å². The highest BCUT2D eigenvalue weighted by Crippen LogP contribution is 2.18. The van der Waals surface area contributed by atoms with E-state index < -0.39 is 0 Å². The SMILES string of the molecule is CCNC(=NCCc1ccc(C)cc1)NC1CCN(c2cccc(C)n2)CC1.I. The van der Waals surface area contributed by atoms with E-state index in [9.17, 15) is 0 Å². The molecule has 0 spiro atoms. The molecule has 1 aromatic heterocycles. The smallest absolute Gasteiger partial charge is 0.191 e. The molecule has 0 aliphatic carbocycles. The molecule has 1 aliphatic rings. The van der Waals surface area contributed by atoms with Crippen LogP contribution in [0.25, 0.3) is 0 Å². The molecule has 3 rings (SSSR count). The van der Waals surface area contributed by atoms with Gasteiger partial charge < -0.3 is 15.5 Å². The molecule has 0 bridgehead atoms. The van der Waals surface area contributed by atoms with Crippen LogP contribution in [0.15, 0.2) is 47.5 Å². The number of nitrogens with one attached hydrogen (secondary N) is 2. The number of nitrogens with zero attached hydrogens (tertiary/aromatic N) is 3. The van der Waals surface area contributed by atoms with Gasteiger partial charge in [-0.05, 0) is 57.7 Å². The Morgan fingerprint density at radius 1 is 1.10 bits per heavy atom. The third-order valence-electron chi connectivity index (χ3n) is 5.17. The summed E-state index contributed by atoms with van der Waals surface area (Å²) in [6.07, 6.45) is 3.16. The van der Waals surface area contributed by atoms with Gasteiger partial charge in [-0.15, -0.1) is 24.0 Å². The average molecular weight is 507 g/mol. The van der Waals surface area contributed by atoms with Crippen LogP contribution in [0.4, 0.5) is 5.82 Å². The van der Waals surface area contributed by atoms with Gasteiger partial charge in [0.2, 0.25) is 0 Å². The zero-order valence-corrected chi connectivity index (χ0v) is 20.1. The average Bonchev–Trinajstić information content (AvgIpc) is 2.70. The summed E-state index contributed by atoms with van der Waals surface area (Å²) in [5.41, 5.74) is 3.71. The van der Waals surface area contributed by atoms with Gasteiger partial charge in [-0.1, -0.05) is 35.9 Å². The van der Waals surface area contributed by atoms with Gasteiger partial charge in [0.15, 0.2) is 5.96 Å². The monoisotopic (exact) mass is 507 g/mol. The van der Waals surface area contributed by atoms with Gasteiger partial charge in [-0.25, -0.2) is 4.98 Å². The minimum atomic E-state index is 0. The van der Waals surface area contributed by atoms with E-state index in [0.29, 0.717) is 6.04 Å². The Balaban J connectivity index is 0.00000300. The molecule has 2 aromatic rings. The van der Waals surface area contributed by atoms with Crippen LogP contribution in [0.5, 0.6) is 0 Å². The Morgan fingerprint density at radius 3 is 2.48 bits per heavy atom. The minimum absolute atomic E-state index is 0. The summed E-state index contributed by atoms with van der Waals surface area (Å²) in [7, 11) is 0. The maximum Gasteiger partial charge on any atom is 0.191 e. The quantitative estimate of drug-likeness (QED) is 0.352. The number of rotatable bonds is 6. The highest BCUT2D eigenvalue weighted by molar-refractivity contribution is 14.0. The van der Waals surface area contributed by atoms with Gasteiger partial charge in [0.05, 0.1) is 0 Å². The zero-order chi connectivity index (χ0) is 19.8. The molecule has 0 radical (unpaired) electrons. The summed E-state index contributed by atoms with van der Waals surface area (Å²) in [6.45, 7) is 10.0. The number of pyridine rings is 1. The number of hydrogen-bond acceptors (Lipinski definition) is 3. The molecular formula is C23H34IN5. The summed E-state index contributed by atoms with van der Waals surface area (Å²) in [5.74, 6) is 2.03. The molecular weight excluding hydrogens is 473 g/mol. The Kier molecular flexibility index (Phi) is 9.70. The number of anilines is 1. The first-order valence-electron chi connectivity index (χ1n) is 10.4. The third kappa shape index (κ3) is 7.49. The van der Waals surface area contributed by atoms with E-state index in [1.54, 1.807) is 0 Å². The van der Waals surface area contributed by atoms with Gasteiger partial charge in [-0.2, -0.15) is 0 Å². The number of piperidine rings is 1. The van der Waals surface area contributed by atoms with Gasteiger partial charge in [0, 0.05) is 37.9 Å². The van der Waals surface area contributed by atoms with Crippen molar-refractivity contribution >= 4 is 35.8 Å². The fraction of sp³-hybridized carbons (Fsp3) is 0.478. The van der Waals surface area contributed by atoms with Crippen LogP contribution < -0.4 is 15.5 Å². The second-order valence-electron chi connectivity index (χ2n) is 7.54. The van der Waals surface area contributed by atoms with Crippen molar-refractivity contribution in [1.82, 2.24) is 15.6 Å². The number of aryl methyl sites for hydroxylation is 2. The van der Waals surface area contributed by atoms with Gasteiger partial charge >= 0.3 is 0 Å². The second-order valence-corrected chi connectivity index (χ2v) is 7.54. The predicted octanol–water partition coefficient (Wildman–Crippen LogP) is 4.08. The Labute approximate surface area is 192 Å². The number of hydrogen-bond donors (Lipinski definition) is 2. The summed E-state index contributed by atoms with van der Waals surface area (Å²) in [6, 6.07) is 15.4. The first-order chi connectivity index (χ1) is 13.6. The molecule has 1 fully saturated rings. The van der Waals surface area contributed by atoms with Crippen LogP contribution in [-0.2, 0) is 6.42 Å². The van der Waals surface area contributed by atoms with Crippen LogP contribution in [-0.4, -0.2) is 43.2 Å². The number of aliphatic imine (C=N–C) groups is 1. The molecule has 0 atom stereocenters. The highest BCUT2D eigenvalue weighted by atomic mass is 127. The Hall–Kier alpha value is -1.83. The fourth-order valence-corrected chi connectivity index (χ4v) is 3.52. The molecule has 2 heterocycles. The molecule has 5 nitrogen and oxygen atoms in total. The molecule has 1 aromatic carbocycles. The zero-order valence-electron chi connectivity index (χ0n) is 17.8.